The number of methoxy groups -OCH3 is 2. The molecule has 7 heteroatoms. The van der Waals surface area contributed by atoms with E-state index in [0.717, 1.165) is 23.4 Å². The van der Waals surface area contributed by atoms with Crippen LogP contribution in [0.4, 0.5) is 5.69 Å². The minimum atomic E-state index is -0.0821. The average Bonchev–Trinajstić information content (AvgIpc) is 2.78. The number of carbonyl (C=O) groups excluding carboxylic acids is 2. The fraction of sp³-hybridized carbons (Fsp3) is 0.364. The predicted octanol–water partition coefficient (Wildman–Crippen LogP) is 3.45. The second-order valence-electron chi connectivity index (χ2n) is 7.13. The third kappa shape index (κ3) is 3.79. The Balaban J connectivity index is 1.58. The van der Waals surface area contributed by atoms with Gasteiger partial charge in [-0.2, -0.15) is 0 Å². The largest absolute Gasteiger partial charge is 0.497 e. The maximum Gasteiger partial charge on any atom is 0.257 e. The summed E-state index contributed by atoms with van der Waals surface area (Å²) in [6.07, 6.45) is 1.74. The van der Waals surface area contributed by atoms with Crippen molar-refractivity contribution < 1.29 is 19.1 Å². The summed E-state index contributed by atoms with van der Waals surface area (Å²) in [5.41, 5.74) is 1.46. The molecule has 1 fully saturated rings. The van der Waals surface area contributed by atoms with Crippen LogP contribution in [0.25, 0.3) is 0 Å². The second kappa shape index (κ2) is 8.37. The Morgan fingerprint density at radius 3 is 2.76 bits per heavy atom. The molecule has 4 rings (SSSR count). The van der Waals surface area contributed by atoms with Crippen molar-refractivity contribution >= 4 is 29.3 Å². The molecule has 0 saturated carbocycles. The zero-order valence-electron chi connectivity index (χ0n) is 16.6. The first-order valence-corrected chi connectivity index (χ1v) is 10.7. The van der Waals surface area contributed by atoms with Gasteiger partial charge in [-0.3, -0.25) is 9.59 Å². The molecule has 2 aromatic rings. The number of piperidine rings is 1. The molecule has 0 bridgehead atoms. The number of nitrogens with zero attached hydrogens (tertiary/aromatic N) is 2. The number of hydrogen-bond acceptors (Lipinski definition) is 5. The normalized spacial score (nSPS) is 19.0. The number of benzene rings is 2. The molecule has 29 heavy (non-hydrogen) atoms. The summed E-state index contributed by atoms with van der Waals surface area (Å²) in [5.74, 6) is 1.60. The Morgan fingerprint density at radius 2 is 1.97 bits per heavy atom. The number of anilines is 1. The zero-order chi connectivity index (χ0) is 20.4. The molecular weight excluding hydrogens is 388 g/mol. The van der Waals surface area contributed by atoms with Gasteiger partial charge < -0.3 is 19.3 Å². The Kier molecular flexibility index (Phi) is 5.67. The van der Waals surface area contributed by atoms with E-state index in [1.807, 2.05) is 34.1 Å². The van der Waals surface area contributed by atoms with E-state index in [1.165, 1.54) is 0 Å². The first-order chi connectivity index (χ1) is 14.1. The maximum absolute atomic E-state index is 13.2. The summed E-state index contributed by atoms with van der Waals surface area (Å²) in [6, 6.07) is 13.2. The number of fused-ring (bicyclic) bond motifs is 1. The molecule has 1 saturated heterocycles. The lowest BCUT2D eigenvalue weighted by molar-refractivity contribution is -0.117. The number of para-hydroxylation sites is 1. The van der Waals surface area contributed by atoms with Crippen LogP contribution < -0.4 is 14.4 Å². The van der Waals surface area contributed by atoms with Gasteiger partial charge in [0.2, 0.25) is 5.91 Å². The summed E-state index contributed by atoms with van der Waals surface area (Å²) < 4.78 is 10.6. The van der Waals surface area contributed by atoms with Crippen molar-refractivity contribution in [2.45, 2.75) is 23.8 Å². The van der Waals surface area contributed by atoms with E-state index >= 15 is 0 Å². The van der Waals surface area contributed by atoms with Gasteiger partial charge in [-0.15, -0.1) is 11.8 Å². The van der Waals surface area contributed by atoms with E-state index in [0.29, 0.717) is 35.9 Å². The molecule has 2 amide bonds. The molecule has 2 aromatic carbocycles. The van der Waals surface area contributed by atoms with Crippen molar-refractivity contribution in [3.8, 4) is 11.5 Å². The van der Waals surface area contributed by atoms with Crippen LogP contribution >= 0.6 is 11.8 Å². The van der Waals surface area contributed by atoms with Crippen molar-refractivity contribution in [2.24, 2.45) is 0 Å². The number of rotatable bonds is 4. The molecule has 0 aliphatic carbocycles. The van der Waals surface area contributed by atoms with Crippen LogP contribution in [0.2, 0.25) is 0 Å². The molecule has 0 N–H and O–H groups in total. The van der Waals surface area contributed by atoms with E-state index in [1.54, 1.807) is 44.2 Å². The summed E-state index contributed by atoms with van der Waals surface area (Å²) in [6.45, 7) is 1.18. The Labute approximate surface area is 174 Å². The number of thioether (sulfide) groups is 1. The smallest absolute Gasteiger partial charge is 0.257 e. The Morgan fingerprint density at radius 1 is 1.14 bits per heavy atom. The minimum Gasteiger partial charge on any atom is -0.497 e. The fourth-order valence-electron chi connectivity index (χ4n) is 4.02. The van der Waals surface area contributed by atoms with Gasteiger partial charge in [0.15, 0.2) is 0 Å². The van der Waals surface area contributed by atoms with Gasteiger partial charge in [-0.05, 0) is 37.1 Å². The molecule has 1 unspecified atom stereocenters. The topological polar surface area (TPSA) is 59.1 Å². The molecule has 6 nitrogen and oxygen atoms in total. The van der Waals surface area contributed by atoms with Crippen molar-refractivity contribution in [2.75, 3.05) is 38.0 Å². The lowest BCUT2D eigenvalue weighted by Gasteiger charge is -2.41. The Bertz CT molecular complexity index is 933. The number of ether oxygens (including phenoxy) is 2. The molecule has 152 valence electrons. The molecular formula is C22H24N2O4S. The van der Waals surface area contributed by atoms with Crippen LogP contribution in [0.3, 0.4) is 0 Å². The van der Waals surface area contributed by atoms with E-state index in [2.05, 4.69) is 0 Å². The van der Waals surface area contributed by atoms with Crippen molar-refractivity contribution in [3.63, 3.8) is 0 Å². The quantitative estimate of drug-likeness (QED) is 0.770. The highest BCUT2D eigenvalue weighted by Crippen LogP contribution is 2.38. The standard InChI is InChI=1S/C22H24N2O4S/c1-27-16-9-10-17(19(12-16)28-2)22(26)23-11-5-6-15(13-23)24-18-7-3-4-8-20(18)29-14-21(24)25/h3-4,7-10,12,15H,5-6,11,13-14H2,1-2H3. The van der Waals surface area contributed by atoms with Crippen LogP contribution in [-0.4, -0.2) is 55.8 Å². The van der Waals surface area contributed by atoms with Crippen molar-refractivity contribution in [3.05, 3.63) is 48.0 Å². The molecule has 2 heterocycles. The minimum absolute atomic E-state index is 0.0218. The van der Waals surface area contributed by atoms with E-state index in [-0.39, 0.29) is 17.9 Å². The monoisotopic (exact) mass is 412 g/mol. The summed E-state index contributed by atoms with van der Waals surface area (Å²) in [4.78, 5) is 30.8. The van der Waals surface area contributed by atoms with Crippen LogP contribution in [0.1, 0.15) is 23.2 Å². The van der Waals surface area contributed by atoms with Crippen LogP contribution in [0.5, 0.6) is 11.5 Å². The van der Waals surface area contributed by atoms with Crippen LogP contribution in [-0.2, 0) is 4.79 Å². The number of hydrogen-bond donors (Lipinski definition) is 0. The Hall–Kier alpha value is -2.67. The number of likely N-dealkylation sites (tertiary alicyclic amines) is 1. The van der Waals surface area contributed by atoms with E-state index in [4.69, 9.17) is 9.47 Å². The fourth-order valence-corrected chi connectivity index (χ4v) is 4.92. The predicted molar refractivity (Wildman–Crippen MR) is 113 cm³/mol. The third-order valence-electron chi connectivity index (χ3n) is 5.43. The van der Waals surface area contributed by atoms with E-state index in [9.17, 15) is 9.59 Å². The third-order valence-corrected chi connectivity index (χ3v) is 6.48. The van der Waals surface area contributed by atoms with Gasteiger partial charge in [0, 0.05) is 24.1 Å². The zero-order valence-corrected chi connectivity index (χ0v) is 17.4. The van der Waals surface area contributed by atoms with Gasteiger partial charge in [0.05, 0.1) is 37.3 Å². The van der Waals surface area contributed by atoms with E-state index < -0.39 is 0 Å². The molecule has 0 radical (unpaired) electrons. The highest BCUT2D eigenvalue weighted by molar-refractivity contribution is 8.00. The maximum atomic E-state index is 13.2. The summed E-state index contributed by atoms with van der Waals surface area (Å²) >= 11 is 1.58. The van der Waals surface area contributed by atoms with Crippen LogP contribution in [0.15, 0.2) is 47.4 Å². The SMILES string of the molecule is COc1ccc(C(=O)N2CCCC(N3C(=O)CSc4ccccc43)C2)c(OC)c1. The molecule has 2 aliphatic rings. The van der Waals surface area contributed by atoms with Crippen LogP contribution in [0, 0.1) is 0 Å². The van der Waals surface area contributed by atoms with Crippen molar-refractivity contribution in [1.82, 2.24) is 4.90 Å². The summed E-state index contributed by atoms with van der Waals surface area (Å²) in [5, 5.41) is 0. The lowest BCUT2D eigenvalue weighted by Crippen LogP contribution is -2.53. The van der Waals surface area contributed by atoms with Gasteiger partial charge in [-0.25, -0.2) is 0 Å². The molecule has 1 atom stereocenters. The molecule has 0 spiro atoms. The molecule has 0 aromatic heterocycles. The first kappa shape index (κ1) is 19.6. The van der Waals surface area contributed by atoms with Gasteiger partial charge in [0.1, 0.15) is 11.5 Å². The first-order valence-electron chi connectivity index (χ1n) is 9.67. The van der Waals surface area contributed by atoms with Gasteiger partial charge >= 0.3 is 0 Å². The highest BCUT2D eigenvalue weighted by Gasteiger charge is 2.35. The van der Waals surface area contributed by atoms with Gasteiger partial charge in [-0.1, -0.05) is 12.1 Å². The summed E-state index contributed by atoms with van der Waals surface area (Å²) in [7, 11) is 3.13. The second-order valence-corrected chi connectivity index (χ2v) is 8.15. The highest BCUT2D eigenvalue weighted by atomic mass is 32.2. The van der Waals surface area contributed by atoms with Gasteiger partial charge in [0.25, 0.3) is 5.91 Å². The van der Waals surface area contributed by atoms with Crippen molar-refractivity contribution in [1.29, 1.82) is 0 Å². The average molecular weight is 413 g/mol. The number of amides is 2. The molecule has 2 aliphatic heterocycles. The number of carbonyl (C=O) groups is 2. The lowest BCUT2D eigenvalue weighted by atomic mass is 10.0.